The van der Waals surface area contributed by atoms with E-state index >= 15 is 0 Å². The van der Waals surface area contributed by atoms with E-state index in [9.17, 15) is 13.2 Å². The summed E-state index contributed by atoms with van der Waals surface area (Å²) in [6, 6.07) is 7.07. The molecule has 0 saturated heterocycles. The van der Waals surface area contributed by atoms with Gasteiger partial charge in [0.1, 0.15) is 11.4 Å². The fraction of sp³-hybridized carbons (Fsp3) is 0.421. The molecular weight excluding hydrogens is 385 g/mol. The number of alkyl halides is 3. The summed E-state index contributed by atoms with van der Waals surface area (Å²) >= 11 is 0. The number of aromatic nitrogens is 2. The first kappa shape index (κ1) is 20.7. The van der Waals surface area contributed by atoms with Crippen molar-refractivity contribution in [1.29, 1.82) is 0 Å². The SMILES string of the molecule is CN=C(NCCNc1nccc(C(F)(F)F)n1)NCCc1ccc2c(c1)CCO2. The predicted octanol–water partition coefficient (Wildman–Crippen LogP) is 2.25. The second kappa shape index (κ2) is 9.44. The number of benzene rings is 1. The van der Waals surface area contributed by atoms with Crippen LogP contribution in [0.5, 0.6) is 5.75 Å². The lowest BCUT2D eigenvalue weighted by atomic mass is 10.1. The molecule has 3 N–H and O–H groups in total. The fourth-order valence-electron chi connectivity index (χ4n) is 2.90. The van der Waals surface area contributed by atoms with Gasteiger partial charge in [-0.3, -0.25) is 4.99 Å². The van der Waals surface area contributed by atoms with E-state index in [0.717, 1.165) is 37.5 Å². The van der Waals surface area contributed by atoms with Crippen molar-refractivity contribution in [2.75, 3.05) is 38.6 Å². The Morgan fingerprint density at radius 3 is 2.79 bits per heavy atom. The zero-order valence-electron chi connectivity index (χ0n) is 16.0. The van der Waals surface area contributed by atoms with E-state index in [4.69, 9.17) is 4.74 Å². The van der Waals surface area contributed by atoms with E-state index in [1.807, 2.05) is 6.07 Å². The lowest BCUT2D eigenvalue weighted by Crippen LogP contribution is -2.40. The second-order valence-corrected chi connectivity index (χ2v) is 6.41. The molecule has 0 unspecified atom stereocenters. The highest BCUT2D eigenvalue weighted by molar-refractivity contribution is 5.79. The molecule has 0 amide bonds. The first-order valence-electron chi connectivity index (χ1n) is 9.29. The summed E-state index contributed by atoms with van der Waals surface area (Å²) in [7, 11) is 1.66. The third-order valence-electron chi connectivity index (χ3n) is 4.33. The van der Waals surface area contributed by atoms with Crippen molar-refractivity contribution in [3.63, 3.8) is 0 Å². The van der Waals surface area contributed by atoms with Crippen molar-refractivity contribution in [2.24, 2.45) is 4.99 Å². The van der Waals surface area contributed by atoms with E-state index < -0.39 is 11.9 Å². The number of ether oxygens (including phenoxy) is 1. The zero-order valence-corrected chi connectivity index (χ0v) is 16.0. The van der Waals surface area contributed by atoms with Gasteiger partial charge in [-0.2, -0.15) is 13.2 Å². The Hall–Kier alpha value is -3.04. The number of hydrogen-bond acceptors (Lipinski definition) is 5. The second-order valence-electron chi connectivity index (χ2n) is 6.41. The molecule has 7 nitrogen and oxygen atoms in total. The van der Waals surface area contributed by atoms with E-state index in [1.165, 1.54) is 11.1 Å². The molecule has 0 atom stereocenters. The summed E-state index contributed by atoms with van der Waals surface area (Å²) in [6.07, 6.45) is -1.63. The first-order chi connectivity index (χ1) is 14.0. The van der Waals surface area contributed by atoms with Crippen LogP contribution in [-0.4, -0.2) is 49.2 Å². The Morgan fingerprint density at radius 1 is 1.17 bits per heavy atom. The monoisotopic (exact) mass is 408 g/mol. The molecule has 0 spiro atoms. The van der Waals surface area contributed by atoms with Crippen molar-refractivity contribution in [3.8, 4) is 5.75 Å². The van der Waals surface area contributed by atoms with Crippen LogP contribution in [0.2, 0.25) is 0 Å². The molecule has 10 heteroatoms. The summed E-state index contributed by atoms with van der Waals surface area (Å²) in [5, 5.41) is 9.07. The van der Waals surface area contributed by atoms with Crippen LogP contribution in [0.15, 0.2) is 35.5 Å². The Kier molecular flexibility index (Phi) is 6.73. The number of guanidine groups is 1. The average molecular weight is 408 g/mol. The summed E-state index contributed by atoms with van der Waals surface area (Å²) in [5.41, 5.74) is 1.49. The molecule has 1 aliphatic heterocycles. The highest BCUT2D eigenvalue weighted by Gasteiger charge is 2.32. The number of nitrogens with zero attached hydrogens (tertiary/aromatic N) is 3. The fourth-order valence-corrected chi connectivity index (χ4v) is 2.90. The number of hydrogen-bond donors (Lipinski definition) is 3. The van der Waals surface area contributed by atoms with Crippen LogP contribution >= 0.6 is 0 Å². The van der Waals surface area contributed by atoms with Crippen molar-refractivity contribution >= 4 is 11.9 Å². The molecule has 1 aliphatic rings. The minimum atomic E-state index is -4.49. The van der Waals surface area contributed by atoms with E-state index in [-0.39, 0.29) is 5.95 Å². The van der Waals surface area contributed by atoms with Crippen LogP contribution in [0.4, 0.5) is 19.1 Å². The molecule has 2 heterocycles. The maximum absolute atomic E-state index is 12.7. The summed E-state index contributed by atoms with van der Waals surface area (Å²) in [6.45, 7) is 2.22. The quantitative estimate of drug-likeness (QED) is 0.370. The van der Waals surface area contributed by atoms with Gasteiger partial charge >= 0.3 is 6.18 Å². The molecule has 0 bridgehead atoms. The predicted molar refractivity (Wildman–Crippen MR) is 104 cm³/mol. The van der Waals surface area contributed by atoms with E-state index in [1.54, 1.807) is 7.05 Å². The topological polar surface area (TPSA) is 83.5 Å². The smallest absolute Gasteiger partial charge is 0.433 e. The standard InChI is InChI=1S/C19H23F3N6O/c1-23-17(24-7-4-13-2-3-15-14(12-13)6-11-29-15)26-9-10-27-18-25-8-5-16(28-18)19(20,21)22/h2-3,5,8,12H,4,6-7,9-11H2,1H3,(H2,23,24,26)(H,25,27,28). The summed E-state index contributed by atoms with van der Waals surface area (Å²) in [5.74, 6) is 1.52. The zero-order chi connectivity index (χ0) is 20.7. The van der Waals surface area contributed by atoms with Crippen LogP contribution in [0.25, 0.3) is 0 Å². The summed E-state index contributed by atoms with van der Waals surface area (Å²) in [4.78, 5) is 11.4. The van der Waals surface area contributed by atoms with Crippen LogP contribution in [0, 0.1) is 0 Å². The molecular formula is C19H23F3N6O. The molecule has 2 aromatic rings. The van der Waals surface area contributed by atoms with Crippen molar-refractivity contribution in [3.05, 3.63) is 47.3 Å². The van der Waals surface area contributed by atoms with Gasteiger partial charge in [0, 0.05) is 39.3 Å². The van der Waals surface area contributed by atoms with Crippen LogP contribution in [-0.2, 0) is 19.0 Å². The van der Waals surface area contributed by atoms with E-state index in [2.05, 4.69) is 43.0 Å². The molecule has 0 fully saturated rings. The lowest BCUT2D eigenvalue weighted by Gasteiger charge is -2.13. The average Bonchev–Trinajstić information content (AvgIpc) is 3.17. The number of fused-ring (bicyclic) bond motifs is 1. The van der Waals surface area contributed by atoms with E-state index in [0.29, 0.717) is 25.6 Å². The highest BCUT2D eigenvalue weighted by atomic mass is 19.4. The molecule has 0 radical (unpaired) electrons. The van der Waals surface area contributed by atoms with Crippen molar-refractivity contribution in [2.45, 2.75) is 19.0 Å². The molecule has 0 aliphatic carbocycles. The van der Waals surface area contributed by atoms with Gasteiger partial charge in [0.25, 0.3) is 0 Å². The van der Waals surface area contributed by atoms with Gasteiger partial charge in [0.15, 0.2) is 5.96 Å². The number of halogens is 3. The first-order valence-corrected chi connectivity index (χ1v) is 9.29. The van der Waals surface area contributed by atoms with Crippen LogP contribution in [0.1, 0.15) is 16.8 Å². The number of aliphatic imine (C=N–C) groups is 1. The van der Waals surface area contributed by atoms with Crippen LogP contribution in [0.3, 0.4) is 0 Å². The molecule has 1 aromatic heterocycles. The van der Waals surface area contributed by atoms with Crippen molar-refractivity contribution in [1.82, 2.24) is 20.6 Å². The summed E-state index contributed by atoms with van der Waals surface area (Å²) < 4.78 is 43.5. The van der Waals surface area contributed by atoms with Gasteiger partial charge in [-0.25, -0.2) is 9.97 Å². The largest absolute Gasteiger partial charge is 0.493 e. The Balaban J connectivity index is 1.37. The maximum Gasteiger partial charge on any atom is 0.433 e. The molecule has 3 rings (SSSR count). The van der Waals surface area contributed by atoms with Gasteiger partial charge in [0.05, 0.1) is 6.61 Å². The third kappa shape index (κ3) is 5.97. The minimum absolute atomic E-state index is 0.0647. The van der Waals surface area contributed by atoms with Gasteiger partial charge in [-0.15, -0.1) is 0 Å². The normalized spacial score (nSPS) is 13.6. The van der Waals surface area contributed by atoms with Gasteiger partial charge in [-0.1, -0.05) is 12.1 Å². The minimum Gasteiger partial charge on any atom is -0.493 e. The molecule has 156 valence electrons. The maximum atomic E-state index is 12.7. The van der Waals surface area contributed by atoms with Gasteiger partial charge < -0.3 is 20.7 Å². The van der Waals surface area contributed by atoms with Crippen molar-refractivity contribution < 1.29 is 17.9 Å². The Bertz CT molecular complexity index is 856. The van der Waals surface area contributed by atoms with Crippen LogP contribution < -0.4 is 20.7 Å². The van der Waals surface area contributed by atoms with Gasteiger partial charge in [-0.05, 0) is 29.7 Å². The number of rotatable bonds is 7. The Labute approximate surface area is 166 Å². The molecule has 0 saturated carbocycles. The van der Waals surface area contributed by atoms with Gasteiger partial charge in [0.2, 0.25) is 5.95 Å². The highest BCUT2D eigenvalue weighted by Crippen LogP contribution is 2.27. The lowest BCUT2D eigenvalue weighted by molar-refractivity contribution is -0.141. The number of nitrogens with one attached hydrogen (secondary N) is 3. The number of anilines is 1. The molecule has 1 aromatic carbocycles. The Morgan fingerprint density at radius 2 is 2.00 bits per heavy atom. The molecule has 29 heavy (non-hydrogen) atoms. The third-order valence-corrected chi connectivity index (χ3v) is 4.33.